The van der Waals surface area contributed by atoms with E-state index in [1.54, 1.807) is 17.9 Å². The Kier molecular flexibility index (Phi) is 5.28. The molecule has 26 heavy (non-hydrogen) atoms. The van der Waals surface area contributed by atoms with Crippen LogP contribution in [0.2, 0.25) is 0 Å². The van der Waals surface area contributed by atoms with Gasteiger partial charge in [0.1, 0.15) is 11.6 Å². The number of carbonyl (C=O) groups is 1. The minimum Gasteiger partial charge on any atom is -0.373 e. The number of anilines is 2. The number of hydrogen-bond acceptors (Lipinski definition) is 5. The predicted molar refractivity (Wildman–Crippen MR) is 103 cm³/mol. The summed E-state index contributed by atoms with van der Waals surface area (Å²) in [6.07, 6.45) is 2.19. The molecule has 0 spiro atoms. The molecule has 3 aromatic rings. The van der Waals surface area contributed by atoms with Gasteiger partial charge in [0, 0.05) is 31.9 Å². The van der Waals surface area contributed by atoms with Crippen LogP contribution in [0.25, 0.3) is 11.3 Å². The molecule has 7 heteroatoms. The highest BCUT2D eigenvalue weighted by molar-refractivity contribution is 5.94. The summed E-state index contributed by atoms with van der Waals surface area (Å²) in [5, 5.41) is 10.3. The number of carbonyl (C=O) groups excluding carboxylic acids is 1. The van der Waals surface area contributed by atoms with Crippen molar-refractivity contribution in [2.45, 2.75) is 12.5 Å². The Bertz CT molecular complexity index is 890. The van der Waals surface area contributed by atoms with Gasteiger partial charge in [-0.2, -0.15) is 5.10 Å². The van der Waals surface area contributed by atoms with Gasteiger partial charge in [-0.15, -0.1) is 0 Å². The van der Waals surface area contributed by atoms with Crippen LogP contribution in [0.15, 0.2) is 54.7 Å². The number of nitrogens with zero attached hydrogens (tertiary/aromatic N) is 3. The number of amides is 1. The number of nitrogens with one attached hydrogen (secondary N) is 2. The molecular weight excluding hydrogens is 328 g/mol. The van der Waals surface area contributed by atoms with Crippen molar-refractivity contribution in [3.8, 4) is 11.3 Å². The number of hydrogen-bond donors (Lipinski definition) is 3. The highest BCUT2D eigenvalue weighted by Gasteiger charge is 2.17. The van der Waals surface area contributed by atoms with Gasteiger partial charge in [0.2, 0.25) is 5.91 Å². The summed E-state index contributed by atoms with van der Waals surface area (Å²) in [5.41, 5.74) is 8.73. The van der Waals surface area contributed by atoms with Crippen LogP contribution < -0.4 is 16.4 Å². The van der Waals surface area contributed by atoms with E-state index in [0.717, 1.165) is 22.6 Å². The van der Waals surface area contributed by atoms with Crippen molar-refractivity contribution >= 4 is 17.5 Å². The molecule has 0 radical (unpaired) electrons. The fraction of sp³-hybridized carbons (Fsp3) is 0.211. The second-order valence-corrected chi connectivity index (χ2v) is 6.00. The normalized spacial score (nSPS) is 11.8. The SMILES string of the molecule is CNc1cc(-c2cc(NC(=O)[C@@H](N)Cc3ccccc3)n(C)n2)ccn1. The van der Waals surface area contributed by atoms with Crippen molar-refractivity contribution in [1.82, 2.24) is 14.8 Å². The van der Waals surface area contributed by atoms with E-state index in [-0.39, 0.29) is 5.91 Å². The Labute approximate surface area is 152 Å². The Morgan fingerprint density at radius 3 is 2.73 bits per heavy atom. The van der Waals surface area contributed by atoms with Gasteiger partial charge in [-0.25, -0.2) is 4.98 Å². The fourth-order valence-corrected chi connectivity index (χ4v) is 2.63. The van der Waals surface area contributed by atoms with Gasteiger partial charge in [0.25, 0.3) is 0 Å². The summed E-state index contributed by atoms with van der Waals surface area (Å²) in [6, 6.07) is 14.7. The molecule has 0 fully saturated rings. The summed E-state index contributed by atoms with van der Waals surface area (Å²) >= 11 is 0. The lowest BCUT2D eigenvalue weighted by molar-refractivity contribution is -0.117. The minimum absolute atomic E-state index is 0.242. The van der Waals surface area contributed by atoms with E-state index >= 15 is 0 Å². The summed E-state index contributed by atoms with van der Waals surface area (Å²) in [4.78, 5) is 16.6. The second kappa shape index (κ2) is 7.79. The molecular formula is C19H22N6O. The van der Waals surface area contributed by atoms with Crippen LogP contribution in [0, 0.1) is 0 Å². The third kappa shape index (κ3) is 4.07. The molecule has 134 valence electrons. The first-order valence-corrected chi connectivity index (χ1v) is 8.35. The van der Waals surface area contributed by atoms with Crippen LogP contribution in [0.1, 0.15) is 5.56 Å². The molecule has 0 unspecified atom stereocenters. The molecule has 0 aliphatic heterocycles. The fourth-order valence-electron chi connectivity index (χ4n) is 2.63. The van der Waals surface area contributed by atoms with Gasteiger partial charge < -0.3 is 16.4 Å². The Morgan fingerprint density at radius 1 is 1.23 bits per heavy atom. The Balaban J connectivity index is 1.71. The van der Waals surface area contributed by atoms with Gasteiger partial charge in [-0.05, 0) is 24.1 Å². The van der Waals surface area contributed by atoms with Crippen molar-refractivity contribution in [3.63, 3.8) is 0 Å². The van der Waals surface area contributed by atoms with Gasteiger partial charge >= 0.3 is 0 Å². The number of pyridine rings is 1. The summed E-state index contributed by atoms with van der Waals surface area (Å²) < 4.78 is 1.63. The molecule has 7 nitrogen and oxygen atoms in total. The monoisotopic (exact) mass is 350 g/mol. The quantitative estimate of drug-likeness (QED) is 0.632. The molecule has 2 heterocycles. The summed E-state index contributed by atoms with van der Waals surface area (Å²) in [6.45, 7) is 0. The molecule has 0 aliphatic carbocycles. The molecule has 1 atom stereocenters. The van der Waals surface area contributed by atoms with Crippen molar-refractivity contribution in [1.29, 1.82) is 0 Å². The van der Waals surface area contributed by atoms with Crippen LogP contribution in [0.4, 0.5) is 11.6 Å². The lowest BCUT2D eigenvalue weighted by Gasteiger charge is -2.12. The van der Waals surface area contributed by atoms with Gasteiger partial charge in [-0.1, -0.05) is 30.3 Å². The van der Waals surface area contributed by atoms with E-state index in [1.165, 1.54) is 0 Å². The third-order valence-corrected chi connectivity index (χ3v) is 4.08. The van der Waals surface area contributed by atoms with E-state index < -0.39 is 6.04 Å². The first-order valence-electron chi connectivity index (χ1n) is 8.35. The number of rotatable bonds is 6. The van der Waals surface area contributed by atoms with Gasteiger partial charge in [0.15, 0.2) is 0 Å². The highest BCUT2D eigenvalue weighted by atomic mass is 16.2. The van der Waals surface area contributed by atoms with E-state index in [2.05, 4.69) is 20.7 Å². The second-order valence-electron chi connectivity index (χ2n) is 6.00. The first kappa shape index (κ1) is 17.6. The van der Waals surface area contributed by atoms with Crippen molar-refractivity contribution in [3.05, 3.63) is 60.3 Å². The van der Waals surface area contributed by atoms with Crippen LogP contribution in [0.5, 0.6) is 0 Å². The number of aryl methyl sites for hydroxylation is 1. The molecule has 4 N–H and O–H groups in total. The largest absolute Gasteiger partial charge is 0.373 e. The van der Waals surface area contributed by atoms with Crippen molar-refractivity contribution < 1.29 is 4.79 Å². The third-order valence-electron chi connectivity index (χ3n) is 4.08. The standard InChI is InChI=1S/C19H22N6O/c1-21-17-11-14(8-9-22-17)16-12-18(25(2)24-16)23-19(26)15(20)10-13-6-4-3-5-7-13/h3-9,11-12,15H,10,20H2,1-2H3,(H,21,22)(H,23,26)/t15-/m0/s1. The zero-order chi connectivity index (χ0) is 18.5. The zero-order valence-electron chi connectivity index (χ0n) is 14.8. The maximum Gasteiger partial charge on any atom is 0.242 e. The van der Waals surface area contributed by atoms with Crippen LogP contribution >= 0.6 is 0 Å². The van der Waals surface area contributed by atoms with E-state index in [9.17, 15) is 4.79 Å². The number of nitrogens with two attached hydrogens (primary N) is 1. The van der Waals surface area contributed by atoms with Crippen molar-refractivity contribution in [2.75, 3.05) is 17.7 Å². The molecule has 3 rings (SSSR count). The predicted octanol–water partition coefficient (Wildman–Crippen LogP) is 2.03. The average molecular weight is 350 g/mol. The molecule has 0 saturated heterocycles. The Hall–Kier alpha value is -3.19. The highest BCUT2D eigenvalue weighted by Crippen LogP contribution is 2.23. The Morgan fingerprint density at radius 2 is 2.00 bits per heavy atom. The first-order chi connectivity index (χ1) is 12.6. The smallest absolute Gasteiger partial charge is 0.242 e. The van der Waals surface area contributed by atoms with Crippen LogP contribution in [0.3, 0.4) is 0 Å². The number of benzene rings is 1. The summed E-state index contributed by atoms with van der Waals surface area (Å²) in [5.74, 6) is 1.11. The van der Waals surface area contributed by atoms with E-state index in [0.29, 0.717) is 12.2 Å². The van der Waals surface area contributed by atoms with Crippen LogP contribution in [-0.2, 0) is 18.3 Å². The van der Waals surface area contributed by atoms with Crippen molar-refractivity contribution in [2.24, 2.45) is 12.8 Å². The van der Waals surface area contributed by atoms with E-state index in [1.807, 2.05) is 55.6 Å². The van der Waals surface area contributed by atoms with E-state index in [4.69, 9.17) is 5.73 Å². The maximum absolute atomic E-state index is 12.4. The maximum atomic E-state index is 12.4. The van der Waals surface area contributed by atoms with Crippen LogP contribution in [-0.4, -0.2) is 33.8 Å². The topological polar surface area (TPSA) is 97.9 Å². The minimum atomic E-state index is -0.632. The lowest BCUT2D eigenvalue weighted by Crippen LogP contribution is -2.37. The molecule has 0 aliphatic rings. The zero-order valence-corrected chi connectivity index (χ0v) is 14.8. The molecule has 1 aromatic carbocycles. The van der Waals surface area contributed by atoms with Gasteiger partial charge in [-0.3, -0.25) is 9.48 Å². The summed E-state index contributed by atoms with van der Waals surface area (Å²) in [7, 11) is 3.59. The molecule has 2 aromatic heterocycles. The lowest BCUT2D eigenvalue weighted by atomic mass is 10.1. The molecule has 0 saturated carbocycles. The van der Waals surface area contributed by atoms with Gasteiger partial charge in [0.05, 0.1) is 11.7 Å². The number of aromatic nitrogens is 3. The molecule has 1 amide bonds. The molecule has 0 bridgehead atoms. The average Bonchev–Trinajstić information content (AvgIpc) is 3.03.